The van der Waals surface area contributed by atoms with Gasteiger partial charge in [-0.15, -0.1) is 16.4 Å². The van der Waals surface area contributed by atoms with Crippen molar-refractivity contribution in [1.82, 2.24) is 0 Å². The third-order valence-corrected chi connectivity index (χ3v) is 4.46. The number of benzene rings is 3. The van der Waals surface area contributed by atoms with Crippen LogP contribution in [0.2, 0.25) is 5.02 Å². The zero-order valence-corrected chi connectivity index (χ0v) is 13.6. The van der Waals surface area contributed by atoms with E-state index in [4.69, 9.17) is 50.8 Å². The standard InChI is InChI=1S/C18H8B5Cl/c19-13-12(14(20)16(22)17(23)15(13)21)11-8-4-7-10(18(11)24)9-5-2-1-3-6-9/h1-8H. The van der Waals surface area contributed by atoms with Gasteiger partial charge in [-0.3, -0.25) is 0 Å². The van der Waals surface area contributed by atoms with E-state index in [9.17, 15) is 0 Å². The lowest BCUT2D eigenvalue weighted by atomic mass is 9.59. The van der Waals surface area contributed by atoms with Crippen LogP contribution in [0.25, 0.3) is 22.3 Å². The molecule has 0 atom stereocenters. The molecule has 24 heavy (non-hydrogen) atoms. The molecule has 0 nitrogen and oxygen atoms in total. The first-order chi connectivity index (χ1) is 11.4. The van der Waals surface area contributed by atoms with E-state index in [-0.39, 0.29) is 27.3 Å². The van der Waals surface area contributed by atoms with E-state index in [0.29, 0.717) is 16.1 Å². The molecule has 0 saturated heterocycles. The molecule has 102 valence electrons. The maximum Gasteiger partial charge on any atom is 0.113 e. The second-order valence-electron chi connectivity index (χ2n) is 5.48. The molecule has 0 aliphatic carbocycles. The lowest BCUT2D eigenvalue weighted by Gasteiger charge is -2.22. The Kier molecular flexibility index (Phi) is 4.74. The van der Waals surface area contributed by atoms with Gasteiger partial charge in [0, 0.05) is 5.56 Å². The highest BCUT2D eigenvalue weighted by Crippen LogP contribution is 2.34. The molecule has 3 aromatic rings. The molecule has 0 saturated carbocycles. The average Bonchev–Trinajstić information content (AvgIpc) is 2.60. The molecule has 0 bridgehead atoms. The third-order valence-electron chi connectivity index (χ3n) is 4.05. The summed E-state index contributed by atoms with van der Waals surface area (Å²) in [6, 6.07) is 15.4. The van der Waals surface area contributed by atoms with Gasteiger partial charge >= 0.3 is 0 Å². The quantitative estimate of drug-likeness (QED) is 0.567. The first kappa shape index (κ1) is 17.1. The summed E-state index contributed by atoms with van der Waals surface area (Å²) in [5, 5.41) is 0.519. The van der Waals surface area contributed by atoms with E-state index in [2.05, 4.69) is 0 Å². The van der Waals surface area contributed by atoms with Crippen LogP contribution in [0.4, 0.5) is 0 Å². The summed E-state index contributed by atoms with van der Waals surface area (Å²) in [6.45, 7) is 0. The second kappa shape index (κ2) is 6.65. The van der Waals surface area contributed by atoms with Crippen LogP contribution in [-0.4, -0.2) is 39.2 Å². The highest BCUT2D eigenvalue weighted by atomic mass is 35.5. The van der Waals surface area contributed by atoms with Gasteiger partial charge in [0.05, 0.1) is 5.02 Å². The van der Waals surface area contributed by atoms with Crippen LogP contribution in [0.15, 0.2) is 48.5 Å². The minimum absolute atomic E-state index is 0.184. The molecule has 10 radical (unpaired) electrons. The Balaban J connectivity index is 2.30. The minimum atomic E-state index is 0.184. The molecule has 0 aromatic heterocycles. The van der Waals surface area contributed by atoms with Crippen molar-refractivity contribution in [3.63, 3.8) is 0 Å². The van der Waals surface area contributed by atoms with Gasteiger partial charge in [-0.25, -0.2) is 0 Å². The predicted molar refractivity (Wildman–Crippen MR) is 109 cm³/mol. The number of rotatable bonds is 2. The van der Waals surface area contributed by atoms with Gasteiger partial charge in [-0.1, -0.05) is 71.1 Å². The topological polar surface area (TPSA) is 0 Å². The van der Waals surface area contributed by atoms with Gasteiger partial charge in [0.2, 0.25) is 0 Å². The van der Waals surface area contributed by atoms with Gasteiger partial charge in [-0.2, -0.15) is 0 Å². The molecule has 0 heterocycles. The summed E-state index contributed by atoms with van der Waals surface area (Å²) >= 11 is 6.64. The van der Waals surface area contributed by atoms with E-state index >= 15 is 0 Å². The molecule has 6 heteroatoms. The number of hydrogen-bond donors (Lipinski definition) is 0. The molecule has 0 unspecified atom stereocenters. The Morgan fingerprint density at radius 3 is 1.62 bits per heavy atom. The van der Waals surface area contributed by atoms with Crippen molar-refractivity contribution >= 4 is 78.1 Å². The predicted octanol–water partition coefficient (Wildman–Crippen LogP) is -0.357. The fourth-order valence-electron chi connectivity index (χ4n) is 2.71. The highest BCUT2D eigenvalue weighted by molar-refractivity contribution is 6.68. The molecule has 0 amide bonds. The van der Waals surface area contributed by atoms with Crippen LogP contribution >= 0.6 is 11.6 Å². The van der Waals surface area contributed by atoms with Gasteiger partial charge in [0.25, 0.3) is 0 Å². The van der Waals surface area contributed by atoms with Crippen molar-refractivity contribution in [2.45, 2.75) is 0 Å². The summed E-state index contributed by atoms with van der Waals surface area (Å²) in [5.74, 6) is 0. The van der Waals surface area contributed by atoms with E-state index in [0.717, 1.165) is 11.1 Å². The summed E-state index contributed by atoms with van der Waals surface area (Å²) in [6.07, 6.45) is 0. The third kappa shape index (κ3) is 2.76. The normalized spacial score (nSPS) is 10.7. The van der Waals surface area contributed by atoms with Gasteiger partial charge < -0.3 is 0 Å². The van der Waals surface area contributed by atoms with Crippen molar-refractivity contribution in [2.75, 3.05) is 0 Å². The molecule has 0 aliphatic rings. The number of halogens is 1. The van der Waals surface area contributed by atoms with Crippen LogP contribution in [0.5, 0.6) is 0 Å². The smallest absolute Gasteiger partial charge is 0.112 e. The largest absolute Gasteiger partial charge is 0.113 e. The Bertz CT molecular complexity index is 893. The van der Waals surface area contributed by atoms with Crippen molar-refractivity contribution in [3.8, 4) is 22.3 Å². The Morgan fingerprint density at radius 1 is 0.542 bits per heavy atom. The number of hydrogen-bond acceptors (Lipinski definition) is 0. The Morgan fingerprint density at radius 2 is 1.04 bits per heavy atom. The molecular weight excluding hydrogens is 306 g/mol. The zero-order chi connectivity index (χ0) is 17.4. The van der Waals surface area contributed by atoms with Crippen molar-refractivity contribution in [3.05, 3.63) is 53.6 Å². The van der Waals surface area contributed by atoms with Crippen molar-refractivity contribution in [2.24, 2.45) is 0 Å². The fourth-order valence-corrected chi connectivity index (χ4v) is 3.04. The lowest BCUT2D eigenvalue weighted by Crippen LogP contribution is -2.55. The Hall–Kier alpha value is -1.73. The zero-order valence-electron chi connectivity index (χ0n) is 12.9. The second-order valence-corrected chi connectivity index (χ2v) is 5.85. The first-order valence-electron chi connectivity index (χ1n) is 7.29. The Labute approximate surface area is 154 Å². The fraction of sp³-hybridized carbons (Fsp3) is 0. The molecule has 0 aliphatic heterocycles. The van der Waals surface area contributed by atoms with E-state index < -0.39 is 0 Å². The molecule has 3 aromatic carbocycles. The summed E-state index contributed by atoms with van der Waals surface area (Å²) in [7, 11) is 30.1. The van der Waals surface area contributed by atoms with Gasteiger partial charge in [0.15, 0.2) is 0 Å². The van der Waals surface area contributed by atoms with Crippen LogP contribution in [0.1, 0.15) is 0 Å². The van der Waals surface area contributed by atoms with E-state index in [1.54, 1.807) is 0 Å². The van der Waals surface area contributed by atoms with Gasteiger partial charge in [-0.05, 0) is 16.7 Å². The first-order valence-corrected chi connectivity index (χ1v) is 7.67. The SMILES string of the molecule is [B]c1c([B])c([B])c(-c2cccc(-c3ccccc3)c2Cl)c([B])c1[B]. The van der Waals surface area contributed by atoms with Crippen molar-refractivity contribution < 1.29 is 0 Å². The van der Waals surface area contributed by atoms with Gasteiger partial charge in [0.1, 0.15) is 39.2 Å². The highest BCUT2D eigenvalue weighted by Gasteiger charge is 2.16. The molecule has 3 rings (SSSR count). The molecule has 0 fully saturated rings. The molecular formula is C18H8B5Cl. The summed E-state index contributed by atoms with van der Waals surface area (Å²) in [5.41, 5.74) is 4.14. The van der Waals surface area contributed by atoms with E-state index in [1.165, 1.54) is 0 Å². The molecule has 0 spiro atoms. The summed E-state index contributed by atoms with van der Waals surface area (Å²) in [4.78, 5) is 0. The monoisotopic (exact) mass is 314 g/mol. The lowest BCUT2D eigenvalue weighted by molar-refractivity contribution is 1.61. The van der Waals surface area contributed by atoms with Crippen LogP contribution < -0.4 is 27.3 Å². The van der Waals surface area contributed by atoms with E-state index in [1.807, 2.05) is 48.5 Å². The maximum absolute atomic E-state index is 6.64. The maximum atomic E-state index is 6.64. The average molecular weight is 314 g/mol. The summed E-state index contributed by atoms with van der Waals surface area (Å²) < 4.78 is 0. The van der Waals surface area contributed by atoms with Crippen LogP contribution in [0, 0.1) is 0 Å². The van der Waals surface area contributed by atoms with Crippen LogP contribution in [0.3, 0.4) is 0 Å². The van der Waals surface area contributed by atoms with Crippen LogP contribution in [-0.2, 0) is 0 Å². The van der Waals surface area contributed by atoms with Crippen molar-refractivity contribution in [1.29, 1.82) is 0 Å². The molecule has 0 N–H and O–H groups in total. The minimum Gasteiger partial charge on any atom is -0.112 e.